The molecule has 0 unspecified atom stereocenters. The smallest absolute Gasteiger partial charge is 0.319 e. The van der Waals surface area contributed by atoms with Gasteiger partial charge in [0.05, 0.1) is 6.61 Å². The number of benzene rings is 1. The molecule has 2 heterocycles. The van der Waals surface area contributed by atoms with Gasteiger partial charge >= 0.3 is 6.03 Å². The molecule has 2 N–H and O–H groups in total. The normalized spacial score (nSPS) is 16.2. The van der Waals surface area contributed by atoms with Gasteiger partial charge in [-0.05, 0) is 55.5 Å². The van der Waals surface area contributed by atoms with E-state index in [1.54, 1.807) is 11.3 Å². The summed E-state index contributed by atoms with van der Waals surface area (Å²) < 4.78 is 10.9. The molecule has 0 aliphatic carbocycles. The molecule has 1 saturated heterocycles. The van der Waals surface area contributed by atoms with Crippen LogP contribution in [-0.2, 0) is 10.2 Å². The Morgan fingerprint density at radius 3 is 2.64 bits per heavy atom. The van der Waals surface area contributed by atoms with Crippen LogP contribution in [0.15, 0.2) is 41.8 Å². The number of thiophene rings is 1. The van der Waals surface area contributed by atoms with Gasteiger partial charge in [0, 0.05) is 35.7 Å². The molecule has 0 bridgehead atoms. The summed E-state index contributed by atoms with van der Waals surface area (Å²) in [5, 5.41) is 8.01. The third-order valence-electron chi connectivity index (χ3n) is 4.50. The molecular formula is C19H24N2O3S. The van der Waals surface area contributed by atoms with E-state index in [0.717, 1.165) is 37.5 Å². The van der Waals surface area contributed by atoms with E-state index in [0.29, 0.717) is 13.2 Å². The molecule has 25 heavy (non-hydrogen) atoms. The fourth-order valence-corrected chi connectivity index (χ4v) is 4.07. The molecule has 0 radical (unpaired) electrons. The van der Waals surface area contributed by atoms with Crippen LogP contribution in [0.4, 0.5) is 10.5 Å². The van der Waals surface area contributed by atoms with Crippen LogP contribution in [0.3, 0.4) is 0 Å². The molecule has 134 valence electrons. The molecule has 1 aliphatic heterocycles. The first-order valence-corrected chi connectivity index (χ1v) is 9.49. The molecule has 3 rings (SSSR count). The second kappa shape index (κ2) is 8.36. The van der Waals surface area contributed by atoms with Crippen molar-refractivity contribution in [1.29, 1.82) is 0 Å². The molecule has 2 amide bonds. The quantitative estimate of drug-likeness (QED) is 0.818. The summed E-state index contributed by atoms with van der Waals surface area (Å²) >= 11 is 1.75. The summed E-state index contributed by atoms with van der Waals surface area (Å²) in [7, 11) is 0. The van der Waals surface area contributed by atoms with Crippen molar-refractivity contribution < 1.29 is 14.3 Å². The lowest BCUT2D eigenvalue weighted by Gasteiger charge is -2.36. The Balaban J connectivity index is 1.58. The highest BCUT2D eigenvalue weighted by Gasteiger charge is 2.35. The predicted molar refractivity (Wildman–Crippen MR) is 101 cm³/mol. The molecule has 6 heteroatoms. The topological polar surface area (TPSA) is 59.6 Å². The molecule has 2 aromatic rings. The fraction of sp³-hybridized carbons (Fsp3) is 0.421. The van der Waals surface area contributed by atoms with Crippen LogP contribution in [0.5, 0.6) is 5.75 Å². The van der Waals surface area contributed by atoms with Crippen molar-refractivity contribution in [2.75, 3.05) is 31.7 Å². The lowest BCUT2D eigenvalue weighted by Crippen LogP contribution is -2.45. The molecule has 1 aromatic heterocycles. The van der Waals surface area contributed by atoms with Crippen molar-refractivity contribution in [2.45, 2.75) is 25.2 Å². The molecular weight excluding hydrogens is 336 g/mol. The minimum absolute atomic E-state index is 0.0252. The van der Waals surface area contributed by atoms with Gasteiger partial charge in [-0.25, -0.2) is 4.79 Å². The average Bonchev–Trinajstić information content (AvgIpc) is 3.18. The Kier molecular flexibility index (Phi) is 5.94. The van der Waals surface area contributed by atoms with E-state index in [1.165, 1.54) is 4.88 Å². The lowest BCUT2D eigenvalue weighted by molar-refractivity contribution is 0.0521. The van der Waals surface area contributed by atoms with Crippen LogP contribution in [-0.4, -0.2) is 32.4 Å². The minimum atomic E-state index is -0.188. The second-order valence-corrected chi connectivity index (χ2v) is 7.08. The van der Waals surface area contributed by atoms with Crippen molar-refractivity contribution in [2.24, 2.45) is 0 Å². The molecule has 0 saturated carbocycles. The Morgan fingerprint density at radius 2 is 2.00 bits per heavy atom. The molecule has 1 aromatic carbocycles. The van der Waals surface area contributed by atoms with Crippen molar-refractivity contribution in [3.8, 4) is 5.75 Å². The number of carbonyl (C=O) groups is 1. The highest BCUT2D eigenvalue weighted by Crippen LogP contribution is 2.37. The van der Waals surface area contributed by atoms with Gasteiger partial charge in [-0.15, -0.1) is 11.3 Å². The van der Waals surface area contributed by atoms with E-state index >= 15 is 0 Å². The minimum Gasteiger partial charge on any atom is -0.494 e. The third-order valence-corrected chi connectivity index (χ3v) is 5.62. The summed E-state index contributed by atoms with van der Waals surface area (Å²) in [6, 6.07) is 11.4. The SMILES string of the molecule is CCOc1ccc(NC(=O)NCC2(c3cccs3)CCOCC2)cc1. The highest BCUT2D eigenvalue weighted by atomic mass is 32.1. The Morgan fingerprint density at radius 1 is 1.24 bits per heavy atom. The van der Waals surface area contributed by atoms with E-state index in [9.17, 15) is 4.79 Å². The molecule has 0 spiro atoms. The maximum Gasteiger partial charge on any atom is 0.319 e. The zero-order valence-corrected chi connectivity index (χ0v) is 15.2. The first kappa shape index (κ1) is 17.8. The van der Waals surface area contributed by atoms with E-state index in [1.807, 2.05) is 31.2 Å². The number of amides is 2. The first-order chi connectivity index (χ1) is 12.2. The highest BCUT2D eigenvalue weighted by molar-refractivity contribution is 7.10. The summed E-state index contributed by atoms with van der Waals surface area (Å²) in [6.45, 7) is 4.65. The van der Waals surface area contributed by atoms with E-state index in [-0.39, 0.29) is 11.4 Å². The van der Waals surface area contributed by atoms with Gasteiger partial charge in [0.25, 0.3) is 0 Å². The summed E-state index contributed by atoms with van der Waals surface area (Å²) in [5.74, 6) is 0.798. The molecule has 1 aliphatic rings. The number of ether oxygens (including phenoxy) is 2. The maximum absolute atomic E-state index is 12.3. The van der Waals surface area contributed by atoms with Crippen LogP contribution in [0.1, 0.15) is 24.6 Å². The van der Waals surface area contributed by atoms with Gasteiger partial charge in [-0.1, -0.05) is 6.07 Å². The monoisotopic (exact) mass is 360 g/mol. The largest absolute Gasteiger partial charge is 0.494 e. The zero-order valence-electron chi connectivity index (χ0n) is 14.4. The van der Waals surface area contributed by atoms with Crippen molar-refractivity contribution in [3.05, 3.63) is 46.7 Å². The van der Waals surface area contributed by atoms with Gasteiger partial charge in [0.1, 0.15) is 5.75 Å². The average molecular weight is 360 g/mol. The van der Waals surface area contributed by atoms with Gasteiger partial charge in [-0.3, -0.25) is 0 Å². The van der Waals surface area contributed by atoms with Crippen LogP contribution in [0.25, 0.3) is 0 Å². The molecule has 5 nitrogen and oxygen atoms in total. The van der Waals surface area contributed by atoms with Gasteiger partial charge < -0.3 is 20.1 Å². The predicted octanol–water partition coefficient (Wildman–Crippen LogP) is 4.02. The van der Waals surface area contributed by atoms with Crippen LogP contribution in [0, 0.1) is 0 Å². The Labute approximate surface area is 152 Å². The van der Waals surface area contributed by atoms with Gasteiger partial charge in [0.15, 0.2) is 0 Å². The van der Waals surface area contributed by atoms with E-state index in [2.05, 4.69) is 28.1 Å². The Hall–Kier alpha value is -2.05. The number of hydrogen-bond donors (Lipinski definition) is 2. The summed E-state index contributed by atoms with van der Waals surface area (Å²) in [5.41, 5.74) is 0.723. The number of rotatable bonds is 6. The number of hydrogen-bond acceptors (Lipinski definition) is 4. The molecule has 0 atom stereocenters. The lowest BCUT2D eigenvalue weighted by atomic mass is 9.78. The van der Waals surface area contributed by atoms with Crippen LogP contribution < -0.4 is 15.4 Å². The maximum atomic E-state index is 12.3. The van der Waals surface area contributed by atoms with E-state index in [4.69, 9.17) is 9.47 Å². The number of nitrogens with one attached hydrogen (secondary N) is 2. The number of urea groups is 1. The molecule has 1 fully saturated rings. The second-order valence-electron chi connectivity index (χ2n) is 6.14. The zero-order chi connectivity index (χ0) is 17.5. The summed E-state index contributed by atoms with van der Waals surface area (Å²) in [4.78, 5) is 13.6. The fourth-order valence-electron chi connectivity index (χ4n) is 3.08. The van der Waals surface area contributed by atoms with Gasteiger partial charge in [-0.2, -0.15) is 0 Å². The van der Waals surface area contributed by atoms with Gasteiger partial charge in [0.2, 0.25) is 0 Å². The van der Waals surface area contributed by atoms with E-state index < -0.39 is 0 Å². The van der Waals surface area contributed by atoms with Crippen LogP contribution >= 0.6 is 11.3 Å². The van der Waals surface area contributed by atoms with Crippen molar-refractivity contribution >= 4 is 23.1 Å². The first-order valence-electron chi connectivity index (χ1n) is 8.61. The summed E-state index contributed by atoms with van der Waals surface area (Å²) in [6.07, 6.45) is 1.85. The van der Waals surface area contributed by atoms with Crippen LogP contribution in [0.2, 0.25) is 0 Å². The number of carbonyl (C=O) groups excluding carboxylic acids is 1. The van der Waals surface area contributed by atoms with Crippen molar-refractivity contribution in [3.63, 3.8) is 0 Å². The Bertz CT molecular complexity index is 664. The third kappa shape index (κ3) is 4.52. The number of anilines is 1. The van der Waals surface area contributed by atoms with Crippen molar-refractivity contribution in [1.82, 2.24) is 5.32 Å². The standard InChI is InChI=1S/C19H24N2O3S/c1-2-24-16-7-5-15(6-8-16)21-18(22)20-14-19(9-11-23-12-10-19)17-4-3-13-25-17/h3-8,13H,2,9-12,14H2,1H3,(H2,20,21,22).